The van der Waals surface area contributed by atoms with Gasteiger partial charge in [0.15, 0.2) is 0 Å². The number of nitrogens with one attached hydrogen (secondary N) is 1. The smallest absolute Gasteiger partial charge is 0.259 e. The van der Waals surface area contributed by atoms with Crippen LogP contribution in [0.5, 0.6) is 5.75 Å². The van der Waals surface area contributed by atoms with Crippen LogP contribution in [0.1, 0.15) is 10.4 Å². The Morgan fingerprint density at radius 2 is 1.95 bits per heavy atom. The number of carbonyl (C=O) groups is 1. The maximum atomic E-state index is 12.3. The lowest BCUT2D eigenvalue weighted by Gasteiger charge is -2.10. The molecule has 0 aliphatic carbocycles. The van der Waals surface area contributed by atoms with E-state index < -0.39 is 0 Å². The normalized spacial score (nSPS) is 10.5. The zero-order valence-electron chi connectivity index (χ0n) is 10.9. The molecule has 3 aromatic rings. The lowest BCUT2D eigenvalue weighted by atomic mass is 10.0. The number of hydrogen-bond acceptors (Lipinski definition) is 3. The zero-order chi connectivity index (χ0) is 14.8. The van der Waals surface area contributed by atoms with Gasteiger partial charge in [-0.25, -0.2) is 0 Å². The molecule has 0 aliphatic rings. The Balaban J connectivity index is 1.99. The molecule has 2 N–H and O–H groups in total. The van der Waals surface area contributed by atoms with Crippen LogP contribution in [0.25, 0.3) is 10.8 Å². The summed E-state index contributed by atoms with van der Waals surface area (Å²) in [5, 5.41) is 14.6. The van der Waals surface area contributed by atoms with Crippen molar-refractivity contribution in [3.8, 4) is 5.75 Å². The Morgan fingerprint density at radius 1 is 1.14 bits per heavy atom. The lowest BCUT2D eigenvalue weighted by molar-refractivity contribution is 0.102. The van der Waals surface area contributed by atoms with Crippen molar-refractivity contribution < 1.29 is 9.90 Å². The second-order valence-electron chi connectivity index (χ2n) is 4.49. The van der Waals surface area contributed by atoms with Gasteiger partial charge in [-0.05, 0) is 33.4 Å². The molecule has 0 bridgehead atoms. The third kappa shape index (κ3) is 2.60. The predicted octanol–water partition coefficient (Wildman–Crippen LogP) is 3.96. The fourth-order valence-corrected chi connectivity index (χ4v) is 2.45. The first kappa shape index (κ1) is 13.6. The van der Waals surface area contributed by atoms with Crippen molar-refractivity contribution >= 4 is 38.3 Å². The van der Waals surface area contributed by atoms with E-state index in [4.69, 9.17) is 0 Å². The summed E-state index contributed by atoms with van der Waals surface area (Å²) >= 11 is 3.32. The van der Waals surface area contributed by atoms with Crippen LogP contribution in [0, 0.1) is 0 Å². The molecule has 0 spiro atoms. The van der Waals surface area contributed by atoms with Crippen LogP contribution in [0.2, 0.25) is 0 Å². The maximum absolute atomic E-state index is 12.3. The highest BCUT2D eigenvalue weighted by molar-refractivity contribution is 9.10. The molecule has 1 heterocycles. The Hall–Kier alpha value is -2.40. The second-order valence-corrected chi connectivity index (χ2v) is 5.35. The van der Waals surface area contributed by atoms with E-state index in [1.54, 1.807) is 30.6 Å². The van der Waals surface area contributed by atoms with Gasteiger partial charge in [-0.15, -0.1) is 0 Å². The van der Waals surface area contributed by atoms with Crippen LogP contribution in [0.4, 0.5) is 5.69 Å². The van der Waals surface area contributed by atoms with E-state index in [1.807, 2.05) is 24.3 Å². The summed E-state index contributed by atoms with van der Waals surface area (Å²) in [5.41, 5.74) is 0.833. The monoisotopic (exact) mass is 342 g/mol. The first-order valence-corrected chi connectivity index (χ1v) is 7.07. The number of hydrogen-bond donors (Lipinski definition) is 2. The van der Waals surface area contributed by atoms with Gasteiger partial charge in [-0.3, -0.25) is 9.78 Å². The number of rotatable bonds is 2. The number of anilines is 1. The van der Waals surface area contributed by atoms with E-state index in [-0.39, 0.29) is 17.2 Å². The minimum absolute atomic E-state index is 0.0178. The molecule has 0 saturated heterocycles. The number of phenols is 1. The van der Waals surface area contributed by atoms with Crippen molar-refractivity contribution in [2.24, 2.45) is 0 Å². The van der Waals surface area contributed by atoms with Crippen LogP contribution < -0.4 is 5.32 Å². The molecule has 0 atom stereocenters. The standard InChI is InChI=1S/C16H11BrN2O2/c17-13-9-18-8-7-14(13)19-16(21)12-6-5-10-3-1-2-4-11(10)15(12)20/h1-9,20H,(H,18,19,21). The molecule has 4 nitrogen and oxygen atoms in total. The fraction of sp³-hybridized carbons (Fsp3) is 0. The Kier molecular flexibility index (Phi) is 3.58. The molecule has 5 heteroatoms. The summed E-state index contributed by atoms with van der Waals surface area (Å²) in [7, 11) is 0. The van der Waals surface area contributed by atoms with Crippen molar-refractivity contribution in [1.82, 2.24) is 4.98 Å². The molecule has 0 saturated carbocycles. The summed E-state index contributed by atoms with van der Waals surface area (Å²) in [5.74, 6) is -0.388. The van der Waals surface area contributed by atoms with Crippen LogP contribution in [-0.2, 0) is 0 Å². The number of benzene rings is 2. The highest BCUT2D eigenvalue weighted by Gasteiger charge is 2.14. The minimum Gasteiger partial charge on any atom is -0.506 e. The van der Waals surface area contributed by atoms with Crippen molar-refractivity contribution in [2.75, 3.05) is 5.32 Å². The molecule has 0 fully saturated rings. The molecule has 1 aromatic heterocycles. The van der Waals surface area contributed by atoms with E-state index in [0.29, 0.717) is 15.5 Å². The van der Waals surface area contributed by atoms with Crippen LogP contribution in [-0.4, -0.2) is 16.0 Å². The summed E-state index contributed by atoms with van der Waals surface area (Å²) in [6.45, 7) is 0. The third-order valence-corrected chi connectivity index (χ3v) is 3.80. The van der Waals surface area contributed by atoms with Gasteiger partial charge in [0.05, 0.1) is 15.7 Å². The van der Waals surface area contributed by atoms with E-state index >= 15 is 0 Å². The van der Waals surface area contributed by atoms with Gasteiger partial charge in [0.2, 0.25) is 0 Å². The van der Waals surface area contributed by atoms with Gasteiger partial charge in [0, 0.05) is 17.8 Å². The number of aromatic nitrogens is 1. The van der Waals surface area contributed by atoms with Crippen LogP contribution in [0.15, 0.2) is 59.3 Å². The van der Waals surface area contributed by atoms with E-state index in [2.05, 4.69) is 26.2 Å². The van der Waals surface area contributed by atoms with Gasteiger partial charge in [-0.2, -0.15) is 0 Å². The van der Waals surface area contributed by atoms with E-state index in [1.165, 1.54) is 0 Å². The van der Waals surface area contributed by atoms with Gasteiger partial charge in [0.25, 0.3) is 5.91 Å². The van der Waals surface area contributed by atoms with E-state index in [0.717, 1.165) is 5.39 Å². The molecule has 3 rings (SSSR count). The lowest BCUT2D eigenvalue weighted by Crippen LogP contribution is -2.12. The molecule has 1 amide bonds. The fourth-order valence-electron chi connectivity index (χ4n) is 2.10. The molecule has 21 heavy (non-hydrogen) atoms. The minimum atomic E-state index is -0.370. The highest BCUT2D eigenvalue weighted by atomic mass is 79.9. The van der Waals surface area contributed by atoms with Crippen molar-refractivity contribution in [3.63, 3.8) is 0 Å². The quantitative estimate of drug-likeness (QED) is 0.741. The zero-order valence-corrected chi connectivity index (χ0v) is 12.5. The molecule has 2 aromatic carbocycles. The SMILES string of the molecule is O=C(Nc1ccncc1Br)c1ccc2ccccc2c1O. The number of carbonyl (C=O) groups excluding carboxylic acids is 1. The Bertz CT molecular complexity index is 833. The van der Waals surface area contributed by atoms with E-state index in [9.17, 15) is 9.90 Å². The van der Waals surface area contributed by atoms with Crippen LogP contribution >= 0.6 is 15.9 Å². The van der Waals surface area contributed by atoms with Crippen molar-refractivity contribution in [3.05, 3.63) is 64.9 Å². The Labute approximate surface area is 129 Å². The number of amides is 1. The number of fused-ring (bicyclic) bond motifs is 1. The number of aromatic hydroxyl groups is 1. The summed E-state index contributed by atoms with van der Waals surface area (Å²) < 4.78 is 0.679. The molecule has 0 aliphatic heterocycles. The van der Waals surface area contributed by atoms with Crippen molar-refractivity contribution in [2.45, 2.75) is 0 Å². The molecular weight excluding hydrogens is 332 g/mol. The maximum Gasteiger partial charge on any atom is 0.259 e. The molecule has 104 valence electrons. The summed E-state index contributed by atoms with van der Waals surface area (Å²) in [4.78, 5) is 16.3. The third-order valence-electron chi connectivity index (χ3n) is 3.17. The number of nitrogens with zero attached hydrogens (tertiary/aromatic N) is 1. The summed E-state index contributed by atoms with van der Waals surface area (Å²) in [6, 6.07) is 12.5. The van der Waals surface area contributed by atoms with Gasteiger partial charge >= 0.3 is 0 Å². The predicted molar refractivity (Wildman–Crippen MR) is 85.5 cm³/mol. The van der Waals surface area contributed by atoms with Crippen molar-refractivity contribution in [1.29, 1.82) is 0 Å². The van der Waals surface area contributed by atoms with Crippen LogP contribution in [0.3, 0.4) is 0 Å². The largest absolute Gasteiger partial charge is 0.506 e. The first-order valence-electron chi connectivity index (χ1n) is 6.28. The molecule has 0 radical (unpaired) electrons. The summed E-state index contributed by atoms with van der Waals surface area (Å²) in [6.07, 6.45) is 3.18. The number of pyridine rings is 1. The average Bonchev–Trinajstić information content (AvgIpc) is 2.50. The topological polar surface area (TPSA) is 62.2 Å². The Morgan fingerprint density at radius 3 is 2.76 bits per heavy atom. The second kappa shape index (κ2) is 5.54. The van der Waals surface area contributed by atoms with Gasteiger partial charge < -0.3 is 10.4 Å². The number of phenolic OH excluding ortho intramolecular Hbond substituents is 1. The molecular formula is C16H11BrN2O2. The molecule has 0 unspecified atom stereocenters. The first-order chi connectivity index (χ1) is 10.2. The average molecular weight is 343 g/mol. The van der Waals surface area contributed by atoms with Gasteiger partial charge in [0.1, 0.15) is 5.75 Å². The van der Waals surface area contributed by atoms with Gasteiger partial charge in [-0.1, -0.05) is 30.3 Å². The number of halogens is 1. The highest BCUT2D eigenvalue weighted by Crippen LogP contribution is 2.29.